The largest absolute Gasteiger partial charge is 0.496 e. The molecule has 1 atom stereocenters. The summed E-state index contributed by atoms with van der Waals surface area (Å²) >= 11 is 13.2. The Labute approximate surface area is 161 Å². The lowest BCUT2D eigenvalue weighted by Crippen LogP contribution is -2.37. The van der Waals surface area contributed by atoms with Gasteiger partial charge in [-0.25, -0.2) is 0 Å². The monoisotopic (exact) mass is 398 g/mol. The Hall–Kier alpha value is -1.27. The third-order valence-corrected chi connectivity index (χ3v) is 5.92. The van der Waals surface area contributed by atoms with Crippen LogP contribution >= 0.6 is 34.5 Å². The predicted octanol–water partition coefficient (Wildman–Crippen LogP) is 4.63. The van der Waals surface area contributed by atoms with Crippen LogP contribution < -0.4 is 10.1 Å². The van der Waals surface area contributed by atoms with Gasteiger partial charge in [0.1, 0.15) is 10.1 Å². The molecule has 4 nitrogen and oxygen atoms in total. The number of carbonyl (C=O) groups excluding carboxylic acids is 1. The molecule has 2 aromatic rings. The van der Waals surface area contributed by atoms with Crippen LogP contribution in [0.15, 0.2) is 30.3 Å². The van der Waals surface area contributed by atoms with Gasteiger partial charge in [-0.2, -0.15) is 0 Å². The van der Waals surface area contributed by atoms with Gasteiger partial charge in [0.2, 0.25) is 0 Å². The van der Waals surface area contributed by atoms with Crippen LogP contribution in [0.4, 0.5) is 0 Å². The normalized spacial score (nSPS) is 16.0. The van der Waals surface area contributed by atoms with Gasteiger partial charge in [-0.3, -0.25) is 9.69 Å². The summed E-state index contributed by atoms with van der Waals surface area (Å²) in [5.74, 6) is 0.637. The minimum atomic E-state index is -0.202. The van der Waals surface area contributed by atoms with E-state index in [0.29, 0.717) is 20.8 Å². The lowest BCUT2D eigenvalue weighted by atomic mass is 10.0. The fourth-order valence-corrected chi connectivity index (χ4v) is 4.67. The van der Waals surface area contributed by atoms with E-state index in [4.69, 9.17) is 27.9 Å². The molecule has 0 saturated carbocycles. The van der Waals surface area contributed by atoms with Crippen LogP contribution in [0.2, 0.25) is 8.67 Å². The van der Waals surface area contributed by atoms with Crippen molar-refractivity contribution < 1.29 is 9.53 Å². The summed E-state index contributed by atoms with van der Waals surface area (Å²) in [6, 6.07) is 9.64. The van der Waals surface area contributed by atoms with Crippen LogP contribution in [0, 0.1) is 0 Å². The Kier molecular flexibility index (Phi) is 6.23. The zero-order valence-electron chi connectivity index (χ0n) is 13.9. The van der Waals surface area contributed by atoms with Crippen molar-refractivity contribution in [1.29, 1.82) is 0 Å². The number of hydrogen-bond donors (Lipinski definition) is 1. The van der Waals surface area contributed by atoms with Gasteiger partial charge in [-0.1, -0.05) is 41.4 Å². The molecule has 1 aliphatic heterocycles. The number of methoxy groups -OCH3 is 1. The first kappa shape index (κ1) is 18.5. The van der Waals surface area contributed by atoms with Crippen LogP contribution in [0.3, 0.4) is 0 Å². The minimum absolute atomic E-state index is 0.0653. The summed E-state index contributed by atoms with van der Waals surface area (Å²) in [6.45, 7) is 2.52. The fourth-order valence-electron chi connectivity index (χ4n) is 3.21. The maximum atomic E-state index is 12.5. The smallest absolute Gasteiger partial charge is 0.253 e. The summed E-state index contributed by atoms with van der Waals surface area (Å²) in [6.07, 6.45) is 2.34. The third-order valence-electron chi connectivity index (χ3n) is 4.44. The number of halogens is 2. The summed E-state index contributed by atoms with van der Waals surface area (Å²) in [5.41, 5.74) is 1.51. The van der Waals surface area contributed by atoms with E-state index in [9.17, 15) is 4.79 Å². The van der Waals surface area contributed by atoms with Crippen LogP contribution in [0.25, 0.3) is 0 Å². The van der Waals surface area contributed by atoms with E-state index in [1.807, 2.05) is 18.2 Å². The molecule has 2 heterocycles. The van der Waals surface area contributed by atoms with Crippen molar-refractivity contribution in [3.63, 3.8) is 0 Å². The number of benzene rings is 1. The number of para-hydroxylation sites is 1. The van der Waals surface area contributed by atoms with Crippen LogP contribution in [0.1, 0.15) is 34.8 Å². The van der Waals surface area contributed by atoms with E-state index in [1.165, 1.54) is 24.2 Å². The number of thiophene rings is 1. The molecule has 1 amide bonds. The molecule has 1 fully saturated rings. The van der Waals surface area contributed by atoms with E-state index >= 15 is 0 Å². The van der Waals surface area contributed by atoms with Gasteiger partial charge in [-0.15, -0.1) is 11.3 Å². The SMILES string of the molecule is COc1ccccc1C(CNC(=O)c1cc(Cl)sc1Cl)N1CCCC1. The lowest BCUT2D eigenvalue weighted by molar-refractivity contribution is 0.0938. The maximum absolute atomic E-state index is 12.5. The average molecular weight is 399 g/mol. The Balaban J connectivity index is 1.78. The Morgan fingerprint density at radius 3 is 2.68 bits per heavy atom. The number of rotatable bonds is 6. The number of amides is 1. The van der Waals surface area contributed by atoms with Crippen LogP contribution in [-0.2, 0) is 0 Å². The van der Waals surface area contributed by atoms with Crippen molar-refractivity contribution >= 4 is 40.4 Å². The van der Waals surface area contributed by atoms with Gasteiger partial charge in [0, 0.05) is 12.1 Å². The highest BCUT2D eigenvalue weighted by atomic mass is 35.5. The number of nitrogens with one attached hydrogen (secondary N) is 1. The number of ether oxygens (including phenoxy) is 1. The molecule has 25 heavy (non-hydrogen) atoms. The van der Waals surface area contributed by atoms with Crippen molar-refractivity contribution in [1.82, 2.24) is 10.2 Å². The molecule has 1 aromatic carbocycles. The Morgan fingerprint density at radius 1 is 1.32 bits per heavy atom. The van der Waals surface area contributed by atoms with Crippen molar-refractivity contribution in [2.75, 3.05) is 26.7 Å². The predicted molar refractivity (Wildman–Crippen MR) is 103 cm³/mol. The number of likely N-dealkylation sites (tertiary alicyclic amines) is 1. The topological polar surface area (TPSA) is 41.6 Å². The maximum Gasteiger partial charge on any atom is 0.253 e. The number of nitrogens with zero attached hydrogens (tertiary/aromatic N) is 1. The van der Waals surface area contributed by atoms with E-state index in [2.05, 4.69) is 16.3 Å². The molecule has 1 saturated heterocycles. The van der Waals surface area contributed by atoms with Crippen molar-refractivity contribution in [2.24, 2.45) is 0 Å². The van der Waals surface area contributed by atoms with Gasteiger partial charge < -0.3 is 10.1 Å². The molecule has 0 radical (unpaired) electrons. The van der Waals surface area contributed by atoms with Gasteiger partial charge in [-0.05, 0) is 38.1 Å². The molecule has 0 bridgehead atoms. The van der Waals surface area contributed by atoms with Gasteiger partial charge >= 0.3 is 0 Å². The molecule has 1 aromatic heterocycles. The number of hydrogen-bond acceptors (Lipinski definition) is 4. The first-order chi connectivity index (χ1) is 12.1. The Morgan fingerprint density at radius 2 is 2.04 bits per heavy atom. The highest BCUT2D eigenvalue weighted by molar-refractivity contribution is 7.20. The molecule has 134 valence electrons. The third kappa shape index (κ3) is 4.29. The molecule has 0 aliphatic carbocycles. The highest BCUT2D eigenvalue weighted by Gasteiger charge is 2.26. The van der Waals surface area contributed by atoms with Crippen LogP contribution in [-0.4, -0.2) is 37.6 Å². The lowest BCUT2D eigenvalue weighted by Gasteiger charge is -2.29. The highest BCUT2D eigenvalue weighted by Crippen LogP contribution is 2.33. The molecular weight excluding hydrogens is 379 g/mol. The summed E-state index contributed by atoms with van der Waals surface area (Å²) in [7, 11) is 1.67. The van der Waals surface area contributed by atoms with E-state index in [-0.39, 0.29) is 11.9 Å². The molecule has 1 aliphatic rings. The molecule has 0 spiro atoms. The second-order valence-corrected chi connectivity index (χ2v) is 8.23. The van der Waals surface area contributed by atoms with Gasteiger partial charge in [0.05, 0.1) is 23.1 Å². The van der Waals surface area contributed by atoms with Crippen LogP contribution in [0.5, 0.6) is 5.75 Å². The molecule has 1 N–H and O–H groups in total. The molecule has 3 rings (SSSR count). The summed E-state index contributed by atoms with van der Waals surface area (Å²) in [4.78, 5) is 14.9. The molecular formula is C18H20Cl2N2O2S. The van der Waals surface area contributed by atoms with Gasteiger partial charge in [0.25, 0.3) is 5.91 Å². The minimum Gasteiger partial charge on any atom is -0.496 e. The Bertz CT molecular complexity index is 744. The van der Waals surface area contributed by atoms with Gasteiger partial charge in [0.15, 0.2) is 0 Å². The average Bonchev–Trinajstić information content (AvgIpc) is 3.25. The second kappa shape index (κ2) is 8.41. The molecule has 1 unspecified atom stereocenters. The zero-order valence-corrected chi connectivity index (χ0v) is 16.3. The van der Waals surface area contributed by atoms with Crippen molar-refractivity contribution in [2.45, 2.75) is 18.9 Å². The molecule has 7 heteroatoms. The first-order valence-corrected chi connectivity index (χ1v) is 9.77. The van der Waals surface area contributed by atoms with E-state index in [0.717, 1.165) is 24.4 Å². The quantitative estimate of drug-likeness (QED) is 0.770. The standard InChI is InChI=1S/C18H20Cl2N2O2S/c1-24-15-7-3-2-6-12(15)14(22-8-4-5-9-22)11-21-18(23)13-10-16(19)25-17(13)20/h2-3,6-7,10,14H,4-5,8-9,11H2,1H3,(H,21,23). The number of carbonyl (C=O) groups is 1. The summed E-state index contributed by atoms with van der Waals surface area (Å²) in [5, 5.41) is 3.01. The second-order valence-electron chi connectivity index (χ2n) is 5.95. The fraction of sp³-hybridized carbons (Fsp3) is 0.389. The van der Waals surface area contributed by atoms with E-state index < -0.39 is 0 Å². The summed E-state index contributed by atoms with van der Waals surface area (Å²) < 4.78 is 6.45. The van der Waals surface area contributed by atoms with Crippen molar-refractivity contribution in [3.05, 3.63) is 50.1 Å². The van der Waals surface area contributed by atoms with Crippen molar-refractivity contribution in [3.8, 4) is 5.75 Å². The first-order valence-electron chi connectivity index (χ1n) is 8.20. The van der Waals surface area contributed by atoms with E-state index in [1.54, 1.807) is 13.2 Å². The zero-order chi connectivity index (χ0) is 17.8.